The molecule has 1 aliphatic rings. The van der Waals surface area contributed by atoms with Gasteiger partial charge >= 0.3 is 0 Å². The third kappa shape index (κ3) is 2.66. The Bertz CT molecular complexity index is 394. The number of rotatable bonds is 3. The van der Waals surface area contributed by atoms with Gasteiger partial charge in [0.15, 0.2) is 5.76 Å². The number of piperidine rings is 1. The summed E-state index contributed by atoms with van der Waals surface area (Å²) >= 11 is 0. The Morgan fingerprint density at radius 3 is 3.12 bits per heavy atom. The van der Waals surface area contributed by atoms with Gasteiger partial charge in [-0.25, -0.2) is 0 Å². The van der Waals surface area contributed by atoms with Crippen molar-refractivity contribution in [2.45, 2.75) is 33.1 Å². The molecule has 2 N–H and O–H groups in total. The van der Waals surface area contributed by atoms with E-state index in [-0.39, 0.29) is 11.8 Å². The second-order valence-corrected chi connectivity index (χ2v) is 4.45. The van der Waals surface area contributed by atoms with Gasteiger partial charge in [0, 0.05) is 6.54 Å². The lowest BCUT2D eigenvalue weighted by Gasteiger charge is -2.21. The molecule has 2 rings (SSSR count). The number of aromatic nitrogens is 1. The minimum Gasteiger partial charge on any atom is -0.359 e. The molecule has 1 aromatic heterocycles. The van der Waals surface area contributed by atoms with E-state index in [4.69, 9.17) is 4.52 Å². The summed E-state index contributed by atoms with van der Waals surface area (Å²) in [6.07, 6.45) is 2.77. The highest BCUT2D eigenvalue weighted by Crippen LogP contribution is 2.22. The van der Waals surface area contributed by atoms with Gasteiger partial charge in [0.05, 0.1) is 5.92 Å². The summed E-state index contributed by atoms with van der Waals surface area (Å²) in [6.45, 7) is 5.59. The average Bonchev–Trinajstić information content (AvgIpc) is 2.71. The Kier molecular flexibility index (Phi) is 3.78. The summed E-state index contributed by atoms with van der Waals surface area (Å²) in [5.74, 6) is 0.805. The van der Waals surface area contributed by atoms with Crippen LogP contribution in [-0.2, 0) is 11.2 Å². The zero-order chi connectivity index (χ0) is 12.3. The molecule has 0 bridgehead atoms. The molecule has 1 amide bonds. The van der Waals surface area contributed by atoms with Crippen LogP contribution in [0, 0.1) is 12.8 Å². The van der Waals surface area contributed by atoms with E-state index in [1.165, 1.54) is 0 Å². The number of nitrogens with zero attached hydrogens (tertiary/aromatic N) is 1. The molecule has 94 valence electrons. The molecule has 0 spiro atoms. The molecule has 1 aromatic rings. The molecule has 0 radical (unpaired) electrons. The number of aryl methyl sites for hydroxylation is 2. The highest BCUT2D eigenvalue weighted by molar-refractivity contribution is 5.93. The van der Waals surface area contributed by atoms with E-state index >= 15 is 0 Å². The number of carbonyl (C=O) groups is 1. The Balaban J connectivity index is 2.04. The summed E-state index contributed by atoms with van der Waals surface area (Å²) in [7, 11) is 0. The Hall–Kier alpha value is -1.36. The van der Waals surface area contributed by atoms with Crippen molar-refractivity contribution in [3.8, 4) is 0 Å². The fourth-order valence-corrected chi connectivity index (χ4v) is 2.12. The average molecular weight is 237 g/mol. The molecule has 0 aliphatic carbocycles. The summed E-state index contributed by atoms with van der Waals surface area (Å²) in [5, 5.41) is 10.1. The van der Waals surface area contributed by atoms with E-state index in [1.54, 1.807) is 0 Å². The Morgan fingerprint density at radius 2 is 2.47 bits per heavy atom. The van der Waals surface area contributed by atoms with Crippen LogP contribution in [-0.4, -0.2) is 24.2 Å². The van der Waals surface area contributed by atoms with Crippen molar-refractivity contribution in [2.75, 3.05) is 18.4 Å². The van der Waals surface area contributed by atoms with Crippen molar-refractivity contribution < 1.29 is 9.32 Å². The van der Waals surface area contributed by atoms with E-state index in [2.05, 4.69) is 15.8 Å². The van der Waals surface area contributed by atoms with Gasteiger partial charge in [-0.05, 0) is 32.7 Å². The van der Waals surface area contributed by atoms with Gasteiger partial charge in [-0.1, -0.05) is 12.1 Å². The van der Waals surface area contributed by atoms with Crippen molar-refractivity contribution in [1.82, 2.24) is 10.5 Å². The normalized spacial score (nSPS) is 20.2. The first-order chi connectivity index (χ1) is 8.22. The monoisotopic (exact) mass is 237 g/mol. The van der Waals surface area contributed by atoms with Crippen molar-refractivity contribution in [1.29, 1.82) is 0 Å². The van der Waals surface area contributed by atoms with Crippen molar-refractivity contribution in [3.63, 3.8) is 0 Å². The minimum atomic E-state index is 0.0581. The third-order valence-electron chi connectivity index (χ3n) is 3.18. The van der Waals surface area contributed by atoms with Crippen LogP contribution in [0.4, 0.5) is 5.69 Å². The molecular weight excluding hydrogens is 218 g/mol. The quantitative estimate of drug-likeness (QED) is 0.835. The highest BCUT2D eigenvalue weighted by Gasteiger charge is 2.23. The van der Waals surface area contributed by atoms with Gasteiger partial charge in [0.25, 0.3) is 0 Å². The lowest BCUT2D eigenvalue weighted by atomic mass is 9.98. The molecule has 1 aliphatic heterocycles. The van der Waals surface area contributed by atoms with E-state index in [0.717, 1.165) is 43.7 Å². The van der Waals surface area contributed by atoms with Gasteiger partial charge in [-0.2, -0.15) is 0 Å². The van der Waals surface area contributed by atoms with Crippen molar-refractivity contribution >= 4 is 11.6 Å². The van der Waals surface area contributed by atoms with Gasteiger partial charge < -0.3 is 15.2 Å². The van der Waals surface area contributed by atoms with E-state index in [1.807, 2.05) is 13.8 Å². The van der Waals surface area contributed by atoms with Crippen LogP contribution in [0.15, 0.2) is 4.52 Å². The molecular formula is C12H19N3O2. The van der Waals surface area contributed by atoms with Gasteiger partial charge in [0.1, 0.15) is 11.4 Å². The van der Waals surface area contributed by atoms with Crippen molar-refractivity contribution in [2.24, 2.45) is 5.92 Å². The predicted octanol–water partition coefficient (Wildman–Crippen LogP) is 1.48. The lowest BCUT2D eigenvalue weighted by Crippen LogP contribution is -2.37. The second kappa shape index (κ2) is 5.31. The van der Waals surface area contributed by atoms with Gasteiger partial charge in [-0.3, -0.25) is 4.79 Å². The molecule has 5 nitrogen and oxygen atoms in total. The van der Waals surface area contributed by atoms with Crippen LogP contribution >= 0.6 is 0 Å². The Morgan fingerprint density at radius 1 is 1.65 bits per heavy atom. The molecule has 1 atom stereocenters. The molecule has 5 heteroatoms. The molecule has 1 unspecified atom stereocenters. The number of carbonyl (C=O) groups excluding carboxylic acids is 1. The molecule has 17 heavy (non-hydrogen) atoms. The van der Waals surface area contributed by atoms with E-state index in [0.29, 0.717) is 5.76 Å². The summed E-state index contributed by atoms with van der Waals surface area (Å²) < 4.78 is 5.09. The second-order valence-electron chi connectivity index (χ2n) is 4.45. The zero-order valence-electron chi connectivity index (χ0n) is 10.4. The van der Waals surface area contributed by atoms with Gasteiger partial charge in [0.2, 0.25) is 5.91 Å². The molecule has 0 aromatic carbocycles. The molecule has 1 saturated heterocycles. The number of amides is 1. The van der Waals surface area contributed by atoms with E-state index < -0.39 is 0 Å². The minimum absolute atomic E-state index is 0.0581. The van der Waals surface area contributed by atoms with E-state index in [9.17, 15) is 4.79 Å². The molecule has 1 fully saturated rings. The lowest BCUT2D eigenvalue weighted by molar-refractivity contribution is -0.120. The predicted molar refractivity (Wildman–Crippen MR) is 64.8 cm³/mol. The maximum atomic E-state index is 12.1. The topological polar surface area (TPSA) is 67.2 Å². The first-order valence-electron chi connectivity index (χ1n) is 6.19. The van der Waals surface area contributed by atoms with Crippen LogP contribution in [0.5, 0.6) is 0 Å². The summed E-state index contributed by atoms with van der Waals surface area (Å²) in [6, 6.07) is 0. The first-order valence-corrected chi connectivity index (χ1v) is 6.19. The van der Waals surface area contributed by atoms with Crippen LogP contribution in [0.25, 0.3) is 0 Å². The summed E-state index contributed by atoms with van der Waals surface area (Å²) in [5.41, 5.74) is 1.57. The van der Waals surface area contributed by atoms with Crippen LogP contribution < -0.4 is 10.6 Å². The number of anilines is 1. The smallest absolute Gasteiger partial charge is 0.228 e. The molecule has 0 saturated carbocycles. The zero-order valence-corrected chi connectivity index (χ0v) is 10.4. The standard InChI is InChI=1S/C12H19N3O2/c1-3-10-11(8(2)17-15-10)14-12(16)9-5-4-6-13-7-9/h9,13H,3-7H2,1-2H3,(H,14,16). The van der Waals surface area contributed by atoms with Gasteiger partial charge in [-0.15, -0.1) is 0 Å². The highest BCUT2D eigenvalue weighted by atomic mass is 16.5. The first kappa shape index (κ1) is 12.1. The SMILES string of the molecule is CCc1noc(C)c1NC(=O)C1CCCNC1. The number of nitrogens with one attached hydrogen (secondary N) is 2. The molecule has 2 heterocycles. The van der Waals surface area contributed by atoms with Crippen molar-refractivity contribution in [3.05, 3.63) is 11.5 Å². The van der Waals surface area contributed by atoms with Crippen LogP contribution in [0.3, 0.4) is 0 Å². The largest absolute Gasteiger partial charge is 0.359 e. The van der Waals surface area contributed by atoms with Crippen LogP contribution in [0.2, 0.25) is 0 Å². The maximum Gasteiger partial charge on any atom is 0.228 e. The fraction of sp³-hybridized carbons (Fsp3) is 0.667. The summed E-state index contributed by atoms with van der Waals surface area (Å²) in [4.78, 5) is 12.1. The fourth-order valence-electron chi connectivity index (χ4n) is 2.12. The van der Waals surface area contributed by atoms with Crippen LogP contribution in [0.1, 0.15) is 31.2 Å². The number of hydrogen-bond acceptors (Lipinski definition) is 4. The third-order valence-corrected chi connectivity index (χ3v) is 3.18. The maximum absolute atomic E-state index is 12.1. The number of hydrogen-bond donors (Lipinski definition) is 2. The Labute approximate surface area is 101 Å².